The van der Waals surface area contributed by atoms with Crippen molar-refractivity contribution < 1.29 is 9.53 Å². The van der Waals surface area contributed by atoms with Crippen molar-refractivity contribution in [2.24, 2.45) is 5.92 Å². The molecule has 0 heterocycles. The second kappa shape index (κ2) is 9.18. The third-order valence-electron chi connectivity index (χ3n) is 4.05. The average Bonchev–Trinajstić information content (AvgIpc) is 2.37. The first-order valence-corrected chi connectivity index (χ1v) is 7.53. The number of methoxy groups -OCH3 is 1. The van der Waals surface area contributed by atoms with Crippen molar-refractivity contribution >= 4 is 5.97 Å². The Hall–Kier alpha value is -0.790. The summed E-state index contributed by atoms with van der Waals surface area (Å²) in [6.07, 6.45) is 14.1. The molecule has 0 radical (unpaired) electrons. The minimum absolute atomic E-state index is 0.216. The molecule has 0 unspecified atom stereocenters. The van der Waals surface area contributed by atoms with Crippen LogP contribution in [0.3, 0.4) is 0 Å². The van der Waals surface area contributed by atoms with E-state index >= 15 is 0 Å². The van der Waals surface area contributed by atoms with Gasteiger partial charge in [-0.2, -0.15) is 0 Å². The van der Waals surface area contributed by atoms with Crippen LogP contribution in [0.4, 0.5) is 0 Å². The van der Waals surface area contributed by atoms with Crippen molar-refractivity contribution in [3.05, 3.63) is 12.2 Å². The third kappa shape index (κ3) is 5.70. The van der Waals surface area contributed by atoms with Gasteiger partial charge in [0.05, 0.1) is 7.11 Å². The summed E-state index contributed by atoms with van der Waals surface area (Å²) < 4.78 is 4.80. The lowest BCUT2D eigenvalue weighted by Gasteiger charge is -2.18. The van der Waals surface area contributed by atoms with Gasteiger partial charge in [0.2, 0.25) is 0 Å². The molecule has 0 spiro atoms. The summed E-state index contributed by atoms with van der Waals surface area (Å²) >= 11 is 0. The van der Waals surface area contributed by atoms with E-state index in [0.29, 0.717) is 11.5 Å². The fraction of sp³-hybridized carbons (Fsp3) is 0.812. The Kier molecular flexibility index (Phi) is 7.79. The van der Waals surface area contributed by atoms with Gasteiger partial charge in [-0.05, 0) is 18.8 Å². The summed E-state index contributed by atoms with van der Waals surface area (Å²) in [4.78, 5) is 11.6. The average molecular weight is 252 g/mol. The first-order valence-electron chi connectivity index (χ1n) is 7.53. The first-order chi connectivity index (χ1) is 8.75. The maximum absolute atomic E-state index is 11.6. The van der Waals surface area contributed by atoms with Gasteiger partial charge in [-0.25, -0.2) is 4.79 Å². The fourth-order valence-electron chi connectivity index (χ4n) is 2.81. The van der Waals surface area contributed by atoms with Gasteiger partial charge in [-0.1, -0.05) is 64.4 Å². The third-order valence-corrected chi connectivity index (χ3v) is 4.05. The maximum Gasteiger partial charge on any atom is 0.333 e. The van der Waals surface area contributed by atoms with Gasteiger partial charge in [0.25, 0.3) is 0 Å². The van der Waals surface area contributed by atoms with Crippen molar-refractivity contribution in [2.45, 2.75) is 70.6 Å². The van der Waals surface area contributed by atoms with Gasteiger partial charge in [-0.15, -0.1) is 0 Å². The SMILES string of the molecule is C=C(C(=O)OC)C1CCCCCCCCCCC1. The van der Waals surface area contributed by atoms with Crippen LogP contribution in [0.15, 0.2) is 12.2 Å². The van der Waals surface area contributed by atoms with Gasteiger partial charge in [0, 0.05) is 5.57 Å². The molecule has 0 amide bonds. The number of carbonyl (C=O) groups excluding carboxylic acids is 1. The fourth-order valence-corrected chi connectivity index (χ4v) is 2.81. The lowest BCUT2D eigenvalue weighted by molar-refractivity contribution is -0.136. The molecule has 1 aliphatic carbocycles. The molecule has 0 saturated heterocycles. The molecule has 1 aliphatic rings. The quantitative estimate of drug-likeness (QED) is 0.529. The van der Waals surface area contributed by atoms with E-state index in [1.165, 1.54) is 64.9 Å². The highest BCUT2D eigenvalue weighted by atomic mass is 16.5. The van der Waals surface area contributed by atoms with Crippen LogP contribution < -0.4 is 0 Å². The maximum atomic E-state index is 11.6. The zero-order chi connectivity index (χ0) is 13.2. The van der Waals surface area contributed by atoms with Crippen LogP contribution in [0, 0.1) is 5.92 Å². The molecule has 0 N–H and O–H groups in total. The predicted molar refractivity (Wildman–Crippen MR) is 75.4 cm³/mol. The highest BCUT2D eigenvalue weighted by molar-refractivity contribution is 5.88. The van der Waals surface area contributed by atoms with Crippen LogP contribution in [0.25, 0.3) is 0 Å². The van der Waals surface area contributed by atoms with E-state index < -0.39 is 0 Å². The van der Waals surface area contributed by atoms with E-state index in [1.807, 2.05) is 0 Å². The monoisotopic (exact) mass is 252 g/mol. The standard InChI is InChI=1S/C16H28O2/c1-14(16(17)18-2)15-12-10-8-6-4-3-5-7-9-11-13-15/h15H,1,3-13H2,2H3. The van der Waals surface area contributed by atoms with Crippen molar-refractivity contribution in [3.8, 4) is 0 Å². The zero-order valence-electron chi connectivity index (χ0n) is 11.9. The highest BCUT2D eigenvalue weighted by Crippen LogP contribution is 2.26. The van der Waals surface area contributed by atoms with Crippen molar-refractivity contribution in [2.75, 3.05) is 7.11 Å². The van der Waals surface area contributed by atoms with E-state index in [-0.39, 0.29) is 5.97 Å². The van der Waals surface area contributed by atoms with Crippen LogP contribution >= 0.6 is 0 Å². The van der Waals surface area contributed by atoms with E-state index in [1.54, 1.807) is 0 Å². The molecule has 0 atom stereocenters. The lowest BCUT2D eigenvalue weighted by Crippen LogP contribution is -2.14. The summed E-state index contributed by atoms with van der Waals surface area (Å²) in [5.74, 6) is 0.129. The van der Waals surface area contributed by atoms with Crippen LogP contribution in [0.1, 0.15) is 70.6 Å². The minimum atomic E-state index is -0.216. The molecule has 18 heavy (non-hydrogen) atoms. The van der Waals surface area contributed by atoms with Gasteiger partial charge in [0.1, 0.15) is 0 Å². The van der Waals surface area contributed by atoms with E-state index in [2.05, 4.69) is 6.58 Å². The lowest BCUT2D eigenvalue weighted by atomic mass is 9.88. The molecule has 2 nitrogen and oxygen atoms in total. The molecule has 0 aromatic carbocycles. The van der Waals surface area contributed by atoms with E-state index in [0.717, 1.165) is 12.8 Å². The molecule has 0 aromatic rings. The number of hydrogen-bond donors (Lipinski definition) is 0. The molecule has 0 aromatic heterocycles. The largest absolute Gasteiger partial charge is 0.466 e. The van der Waals surface area contributed by atoms with Gasteiger partial charge in [0.15, 0.2) is 0 Å². The number of carbonyl (C=O) groups is 1. The smallest absolute Gasteiger partial charge is 0.333 e. The summed E-state index contributed by atoms with van der Waals surface area (Å²) in [5, 5.41) is 0. The molecule has 2 heteroatoms. The number of rotatable bonds is 2. The Bertz CT molecular complexity index is 246. The first kappa shape index (κ1) is 15.3. The zero-order valence-corrected chi connectivity index (χ0v) is 11.9. The molecular formula is C16H28O2. The molecule has 1 rings (SSSR count). The summed E-state index contributed by atoms with van der Waals surface area (Å²) in [5.41, 5.74) is 0.689. The summed E-state index contributed by atoms with van der Waals surface area (Å²) in [6.45, 7) is 3.94. The second-order valence-corrected chi connectivity index (χ2v) is 5.47. The van der Waals surface area contributed by atoms with E-state index in [9.17, 15) is 4.79 Å². The second-order valence-electron chi connectivity index (χ2n) is 5.47. The Morgan fingerprint density at radius 2 is 1.28 bits per heavy atom. The Morgan fingerprint density at radius 3 is 1.67 bits per heavy atom. The predicted octanol–water partition coefficient (Wildman–Crippen LogP) is 4.64. The van der Waals surface area contributed by atoms with Gasteiger partial charge < -0.3 is 4.74 Å². The van der Waals surface area contributed by atoms with Crippen LogP contribution in [-0.2, 0) is 9.53 Å². The number of ether oxygens (including phenoxy) is 1. The molecule has 104 valence electrons. The van der Waals surface area contributed by atoms with Crippen LogP contribution in [0.2, 0.25) is 0 Å². The Morgan fingerprint density at radius 1 is 0.889 bits per heavy atom. The Labute approximate surface area is 112 Å². The summed E-state index contributed by atoms with van der Waals surface area (Å²) in [6, 6.07) is 0. The topological polar surface area (TPSA) is 26.3 Å². The van der Waals surface area contributed by atoms with E-state index in [4.69, 9.17) is 4.74 Å². The van der Waals surface area contributed by atoms with Gasteiger partial charge in [-0.3, -0.25) is 0 Å². The van der Waals surface area contributed by atoms with Crippen molar-refractivity contribution in [1.29, 1.82) is 0 Å². The number of hydrogen-bond acceptors (Lipinski definition) is 2. The molecule has 1 saturated carbocycles. The highest BCUT2D eigenvalue weighted by Gasteiger charge is 2.19. The van der Waals surface area contributed by atoms with Crippen LogP contribution in [-0.4, -0.2) is 13.1 Å². The molecule has 1 fully saturated rings. The molecular weight excluding hydrogens is 224 g/mol. The normalized spacial score (nSPS) is 20.5. The van der Waals surface area contributed by atoms with Crippen molar-refractivity contribution in [3.63, 3.8) is 0 Å². The van der Waals surface area contributed by atoms with Crippen LogP contribution in [0.5, 0.6) is 0 Å². The Balaban J connectivity index is 2.45. The van der Waals surface area contributed by atoms with Crippen molar-refractivity contribution in [1.82, 2.24) is 0 Å². The van der Waals surface area contributed by atoms with Gasteiger partial charge >= 0.3 is 5.97 Å². The number of esters is 1. The molecule has 0 bridgehead atoms. The summed E-state index contributed by atoms with van der Waals surface area (Å²) in [7, 11) is 1.45. The minimum Gasteiger partial charge on any atom is -0.466 e. The molecule has 0 aliphatic heterocycles.